The van der Waals surface area contributed by atoms with Gasteiger partial charge in [0.1, 0.15) is 5.82 Å². The lowest BCUT2D eigenvalue weighted by Crippen LogP contribution is -2.32. The molecule has 1 amide bonds. The molecule has 1 aromatic carbocycles. The van der Waals surface area contributed by atoms with Gasteiger partial charge in [-0.15, -0.1) is 0 Å². The number of hydrogen-bond acceptors (Lipinski definition) is 2. The minimum absolute atomic E-state index is 0.0318. The number of hydrogen-bond donors (Lipinski definition) is 1. The summed E-state index contributed by atoms with van der Waals surface area (Å²) in [5.41, 5.74) is 1.05. The summed E-state index contributed by atoms with van der Waals surface area (Å²) >= 11 is 0. The molecule has 0 atom stereocenters. The summed E-state index contributed by atoms with van der Waals surface area (Å²) in [6.45, 7) is 0.554. The molecule has 3 rings (SSSR count). The molecule has 98 valence electrons. The lowest BCUT2D eigenvalue weighted by molar-refractivity contribution is 0.0922. The smallest absolute Gasteiger partial charge is 0.287 e. The second-order valence-corrected chi connectivity index (χ2v) is 4.95. The fourth-order valence-corrected chi connectivity index (χ4v) is 2.27. The molecule has 3 nitrogen and oxygen atoms in total. The van der Waals surface area contributed by atoms with Gasteiger partial charge in [0.2, 0.25) is 0 Å². The number of amides is 1. The number of furan rings is 1. The molecule has 1 N–H and O–H groups in total. The van der Waals surface area contributed by atoms with Crippen LogP contribution in [0.25, 0.3) is 0 Å². The second kappa shape index (κ2) is 4.53. The third-order valence-electron chi connectivity index (χ3n) is 3.64. The summed E-state index contributed by atoms with van der Waals surface area (Å²) in [7, 11) is 0. The molecule has 1 saturated carbocycles. The van der Waals surface area contributed by atoms with Gasteiger partial charge in [0.25, 0.3) is 5.91 Å². The number of rotatable bonds is 4. The highest BCUT2D eigenvalue weighted by atomic mass is 19.1. The monoisotopic (exact) mass is 259 g/mol. The van der Waals surface area contributed by atoms with Crippen molar-refractivity contribution in [2.24, 2.45) is 0 Å². The van der Waals surface area contributed by atoms with Gasteiger partial charge in [0, 0.05) is 12.0 Å². The summed E-state index contributed by atoms with van der Waals surface area (Å²) in [4.78, 5) is 11.8. The minimum Gasteiger partial charge on any atom is -0.459 e. The van der Waals surface area contributed by atoms with Crippen LogP contribution in [0.2, 0.25) is 0 Å². The Hall–Kier alpha value is -2.10. The van der Waals surface area contributed by atoms with Crippen molar-refractivity contribution < 1.29 is 13.6 Å². The zero-order chi connectivity index (χ0) is 13.3. The van der Waals surface area contributed by atoms with Crippen molar-refractivity contribution in [2.45, 2.75) is 18.3 Å². The van der Waals surface area contributed by atoms with Gasteiger partial charge in [-0.1, -0.05) is 12.1 Å². The predicted octanol–water partition coefficient (Wildman–Crippen LogP) is 2.88. The molecular weight excluding hydrogens is 245 g/mol. The van der Waals surface area contributed by atoms with Crippen molar-refractivity contribution in [3.63, 3.8) is 0 Å². The average molecular weight is 259 g/mol. The first-order valence-corrected chi connectivity index (χ1v) is 6.27. The topological polar surface area (TPSA) is 42.2 Å². The summed E-state index contributed by atoms with van der Waals surface area (Å²) in [6, 6.07) is 9.82. The van der Waals surface area contributed by atoms with Crippen LogP contribution in [0.4, 0.5) is 4.39 Å². The molecule has 0 bridgehead atoms. The van der Waals surface area contributed by atoms with Gasteiger partial charge in [0.05, 0.1) is 6.26 Å². The molecule has 1 fully saturated rings. The van der Waals surface area contributed by atoms with E-state index in [0.717, 1.165) is 18.4 Å². The largest absolute Gasteiger partial charge is 0.459 e. The van der Waals surface area contributed by atoms with E-state index >= 15 is 0 Å². The van der Waals surface area contributed by atoms with E-state index in [1.165, 1.54) is 18.4 Å². The van der Waals surface area contributed by atoms with Crippen LogP contribution >= 0.6 is 0 Å². The number of carbonyl (C=O) groups is 1. The van der Waals surface area contributed by atoms with Crippen molar-refractivity contribution in [3.8, 4) is 0 Å². The Kier molecular flexibility index (Phi) is 2.85. The highest BCUT2D eigenvalue weighted by Gasteiger charge is 2.44. The first-order valence-electron chi connectivity index (χ1n) is 6.27. The van der Waals surface area contributed by atoms with Crippen LogP contribution in [0.15, 0.2) is 47.1 Å². The van der Waals surface area contributed by atoms with E-state index in [0.29, 0.717) is 12.3 Å². The van der Waals surface area contributed by atoms with Crippen LogP contribution in [0.5, 0.6) is 0 Å². The zero-order valence-corrected chi connectivity index (χ0v) is 10.4. The van der Waals surface area contributed by atoms with Gasteiger partial charge in [-0.25, -0.2) is 4.39 Å². The molecular formula is C15H14FNO2. The maximum atomic E-state index is 12.9. The van der Waals surface area contributed by atoms with Gasteiger partial charge >= 0.3 is 0 Å². The molecule has 1 aliphatic carbocycles. The molecule has 19 heavy (non-hydrogen) atoms. The first-order chi connectivity index (χ1) is 9.20. The van der Waals surface area contributed by atoms with E-state index < -0.39 is 0 Å². The van der Waals surface area contributed by atoms with Gasteiger partial charge in [-0.2, -0.15) is 0 Å². The van der Waals surface area contributed by atoms with Crippen LogP contribution in [0.3, 0.4) is 0 Å². The molecule has 0 spiro atoms. The second-order valence-electron chi connectivity index (χ2n) is 4.95. The van der Waals surface area contributed by atoms with Gasteiger partial charge < -0.3 is 9.73 Å². The van der Waals surface area contributed by atoms with Crippen molar-refractivity contribution >= 4 is 5.91 Å². The lowest BCUT2D eigenvalue weighted by atomic mass is 9.96. The quantitative estimate of drug-likeness (QED) is 0.917. The van der Waals surface area contributed by atoms with Crippen LogP contribution in [0, 0.1) is 5.82 Å². The Bertz CT molecular complexity index is 571. The van der Waals surface area contributed by atoms with Crippen molar-refractivity contribution in [2.75, 3.05) is 6.54 Å². The van der Waals surface area contributed by atoms with E-state index in [-0.39, 0.29) is 17.1 Å². The van der Waals surface area contributed by atoms with Crippen molar-refractivity contribution in [3.05, 3.63) is 59.8 Å². The molecule has 0 saturated heterocycles. The Labute approximate surface area is 110 Å². The first kappa shape index (κ1) is 12.0. The summed E-state index contributed by atoms with van der Waals surface area (Å²) in [5, 5.41) is 2.87. The lowest BCUT2D eigenvalue weighted by Gasteiger charge is -2.16. The molecule has 2 aromatic rings. The molecule has 1 heterocycles. The van der Waals surface area contributed by atoms with Crippen LogP contribution in [-0.4, -0.2) is 12.5 Å². The van der Waals surface area contributed by atoms with Gasteiger partial charge in [-0.3, -0.25) is 4.79 Å². The van der Waals surface area contributed by atoms with Crippen molar-refractivity contribution in [1.82, 2.24) is 5.32 Å². The highest BCUT2D eigenvalue weighted by Crippen LogP contribution is 2.47. The van der Waals surface area contributed by atoms with Crippen LogP contribution in [-0.2, 0) is 5.41 Å². The fraction of sp³-hybridized carbons (Fsp3) is 0.267. The van der Waals surface area contributed by atoms with E-state index in [2.05, 4.69) is 5.32 Å². The summed E-state index contributed by atoms with van der Waals surface area (Å²) in [6.07, 6.45) is 3.50. The fourth-order valence-electron chi connectivity index (χ4n) is 2.27. The van der Waals surface area contributed by atoms with E-state index in [4.69, 9.17) is 4.42 Å². The number of benzene rings is 1. The third kappa shape index (κ3) is 2.38. The van der Waals surface area contributed by atoms with Crippen LogP contribution < -0.4 is 5.32 Å². The minimum atomic E-state index is -0.237. The molecule has 1 aromatic heterocycles. The normalized spacial score (nSPS) is 16.1. The van der Waals surface area contributed by atoms with Crippen LogP contribution in [0.1, 0.15) is 29.0 Å². The molecule has 4 heteroatoms. The molecule has 1 aliphatic rings. The Balaban J connectivity index is 1.66. The van der Waals surface area contributed by atoms with E-state index in [1.54, 1.807) is 24.3 Å². The van der Waals surface area contributed by atoms with E-state index in [1.807, 2.05) is 0 Å². The summed E-state index contributed by atoms with van der Waals surface area (Å²) < 4.78 is 18.0. The molecule has 0 aliphatic heterocycles. The number of nitrogens with one attached hydrogen (secondary N) is 1. The Morgan fingerprint density at radius 2 is 2.00 bits per heavy atom. The number of halogens is 1. The molecule has 0 unspecified atom stereocenters. The maximum Gasteiger partial charge on any atom is 0.287 e. The van der Waals surface area contributed by atoms with E-state index in [9.17, 15) is 9.18 Å². The van der Waals surface area contributed by atoms with Crippen molar-refractivity contribution in [1.29, 1.82) is 0 Å². The van der Waals surface area contributed by atoms with Gasteiger partial charge in [0.15, 0.2) is 5.76 Å². The third-order valence-corrected chi connectivity index (χ3v) is 3.64. The number of carbonyl (C=O) groups excluding carboxylic acids is 1. The summed E-state index contributed by atoms with van der Waals surface area (Å²) in [5.74, 6) is -0.132. The zero-order valence-electron chi connectivity index (χ0n) is 10.4. The average Bonchev–Trinajstić information content (AvgIpc) is 3.01. The molecule has 0 radical (unpaired) electrons. The SMILES string of the molecule is O=C(NCC1(c2ccc(F)cc2)CC1)c1ccco1. The Morgan fingerprint density at radius 1 is 1.26 bits per heavy atom. The Morgan fingerprint density at radius 3 is 2.58 bits per heavy atom. The standard InChI is InChI=1S/C15H14FNO2/c16-12-5-3-11(4-6-12)15(7-8-15)10-17-14(18)13-2-1-9-19-13/h1-6,9H,7-8,10H2,(H,17,18). The van der Waals surface area contributed by atoms with Gasteiger partial charge in [-0.05, 0) is 42.7 Å². The maximum absolute atomic E-state index is 12.9. The highest BCUT2D eigenvalue weighted by molar-refractivity contribution is 5.91. The predicted molar refractivity (Wildman–Crippen MR) is 68.4 cm³/mol.